The zero-order valence-electron chi connectivity index (χ0n) is 12.3. The number of unbranched alkanes of at least 4 members (excludes halogenated alkanes) is 1. The van der Waals surface area contributed by atoms with Crippen LogP contribution in [0.3, 0.4) is 0 Å². The highest BCUT2D eigenvalue weighted by Crippen LogP contribution is 2.10. The third kappa shape index (κ3) is 6.71. The number of nitrogens with one attached hydrogen (secondary N) is 1. The molecule has 0 aliphatic rings. The molecule has 0 spiro atoms. The van der Waals surface area contributed by atoms with E-state index in [1.807, 2.05) is 30.3 Å². The molecule has 1 unspecified atom stereocenters. The molecule has 3 nitrogen and oxygen atoms in total. The van der Waals surface area contributed by atoms with E-state index in [4.69, 9.17) is 0 Å². The van der Waals surface area contributed by atoms with Crippen molar-refractivity contribution in [3.63, 3.8) is 0 Å². The second kappa shape index (κ2) is 9.96. The molecule has 0 radical (unpaired) electrons. The van der Waals surface area contributed by atoms with Crippen molar-refractivity contribution in [2.75, 3.05) is 32.7 Å². The number of nitrogens with zero attached hydrogens (tertiary/aromatic N) is 1. The molecule has 0 saturated carbocycles. The highest BCUT2D eigenvalue weighted by Gasteiger charge is 2.05. The van der Waals surface area contributed by atoms with Gasteiger partial charge in [-0.3, -0.25) is 0 Å². The Labute approximate surface area is 117 Å². The first-order valence-corrected chi connectivity index (χ1v) is 7.44. The van der Waals surface area contributed by atoms with Crippen LogP contribution < -0.4 is 5.32 Å². The van der Waals surface area contributed by atoms with Crippen LogP contribution in [0.4, 0.5) is 0 Å². The minimum absolute atomic E-state index is 0.399. The zero-order chi connectivity index (χ0) is 13.9. The fourth-order valence-corrected chi connectivity index (χ4v) is 2.16. The number of aliphatic hydroxyl groups is 1. The third-order valence-electron chi connectivity index (χ3n) is 3.49. The molecule has 0 aliphatic heterocycles. The van der Waals surface area contributed by atoms with Crippen LogP contribution >= 0.6 is 0 Å². The normalized spacial score (nSPS) is 12.8. The lowest BCUT2D eigenvalue weighted by Crippen LogP contribution is -2.26. The smallest absolute Gasteiger partial charge is 0.0914 e. The van der Waals surface area contributed by atoms with Crippen LogP contribution in [0.25, 0.3) is 0 Å². The summed E-state index contributed by atoms with van der Waals surface area (Å²) in [5, 5.41) is 13.3. The lowest BCUT2D eigenvalue weighted by molar-refractivity contribution is 0.174. The Morgan fingerprint density at radius 1 is 1.11 bits per heavy atom. The molecule has 1 rings (SSSR count). The van der Waals surface area contributed by atoms with Crippen molar-refractivity contribution >= 4 is 0 Å². The van der Waals surface area contributed by atoms with Crippen LogP contribution in [0.15, 0.2) is 30.3 Å². The van der Waals surface area contributed by atoms with Gasteiger partial charge in [-0.05, 0) is 44.6 Å². The average molecular weight is 264 g/mol. The number of benzene rings is 1. The van der Waals surface area contributed by atoms with Crippen molar-refractivity contribution in [3.05, 3.63) is 35.9 Å². The van der Waals surface area contributed by atoms with Crippen molar-refractivity contribution in [1.82, 2.24) is 10.2 Å². The number of rotatable bonds is 10. The maximum Gasteiger partial charge on any atom is 0.0914 e. The van der Waals surface area contributed by atoms with Gasteiger partial charge in [-0.1, -0.05) is 44.2 Å². The summed E-state index contributed by atoms with van der Waals surface area (Å²) in [6, 6.07) is 9.82. The number of aliphatic hydroxyl groups excluding tert-OH is 1. The molecule has 0 fully saturated rings. The summed E-state index contributed by atoms with van der Waals surface area (Å²) in [5.41, 5.74) is 0.984. The fraction of sp³-hybridized carbons (Fsp3) is 0.625. The zero-order valence-corrected chi connectivity index (χ0v) is 12.3. The summed E-state index contributed by atoms with van der Waals surface area (Å²) in [4.78, 5) is 2.44. The molecular formula is C16H28N2O. The van der Waals surface area contributed by atoms with E-state index in [9.17, 15) is 5.11 Å². The Morgan fingerprint density at radius 3 is 2.42 bits per heavy atom. The van der Waals surface area contributed by atoms with Crippen LogP contribution in [0, 0.1) is 0 Å². The topological polar surface area (TPSA) is 35.5 Å². The second-order valence-electron chi connectivity index (χ2n) is 4.86. The summed E-state index contributed by atoms with van der Waals surface area (Å²) < 4.78 is 0. The Balaban J connectivity index is 2.05. The van der Waals surface area contributed by atoms with Gasteiger partial charge in [-0.2, -0.15) is 0 Å². The first-order chi connectivity index (χ1) is 9.27. The van der Waals surface area contributed by atoms with Crippen LogP contribution in [-0.2, 0) is 0 Å². The van der Waals surface area contributed by atoms with E-state index in [0.29, 0.717) is 6.54 Å². The molecule has 1 aromatic carbocycles. The highest BCUT2D eigenvalue weighted by atomic mass is 16.3. The van der Waals surface area contributed by atoms with Crippen molar-refractivity contribution in [3.8, 4) is 0 Å². The van der Waals surface area contributed by atoms with Crippen molar-refractivity contribution < 1.29 is 5.11 Å². The van der Waals surface area contributed by atoms with E-state index in [0.717, 1.165) is 31.6 Å². The minimum Gasteiger partial charge on any atom is -0.387 e. The average Bonchev–Trinajstić information content (AvgIpc) is 2.47. The minimum atomic E-state index is -0.399. The van der Waals surface area contributed by atoms with E-state index < -0.39 is 6.10 Å². The quantitative estimate of drug-likeness (QED) is 0.637. The molecule has 108 valence electrons. The summed E-state index contributed by atoms with van der Waals surface area (Å²) in [6.45, 7) is 9.47. The predicted molar refractivity (Wildman–Crippen MR) is 81.3 cm³/mol. The third-order valence-corrected chi connectivity index (χ3v) is 3.49. The first-order valence-electron chi connectivity index (χ1n) is 7.44. The van der Waals surface area contributed by atoms with Gasteiger partial charge in [0.2, 0.25) is 0 Å². The Morgan fingerprint density at radius 2 is 1.79 bits per heavy atom. The van der Waals surface area contributed by atoms with Crippen molar-refractivity contribution in [2.24, 2.45) is 0 Å². The molecule has 0 aliphatic carbocycles. The second-order valence-corrected chi connectivity index (χ2v) is 4.86. The number of hydrogen-bond acceptors (Lipinski definition) is 3. The number of hydrogen-bond donors (Lipinski definition) is 2. The Bertz CT molecular complexity index is 312. The SMILES string of the molecule is CCN(CC)CCCCNCC(O)c1ccccc1. The molecule has 3 heteroatoms. The first kappa shape index (κ1) is 16.2. The van der Waals surface area contributed by atoms with Crippen LogP contribution in [0.1, 0.15) is 38.4 Å². The maximum absolute atomic E-state index is 9.97. The molecule has 19 heavy (non-hydrogen) atoms. The van der Waals surface area contributed by atoms with E-state index in [1.54, 1.807) is 0 Å². The van der Waals surface area contributed by atoms with E-state index in [-0.39, 0.29) is 0 Å². The van der Waals surface area contributed by atoms with Gasteiger partial charge < -0.3 is 15.3 Å². The van der Waals surface area contributed by atoms with Gasteiger partial charge in [0.05, 0.1) is 6.10 Å². The highest BCUT2D eigenvalue weighted by molar-refractivity contribution is 5.17. The molecule has 0 saturated heterocycles. The molecule has 0 aromatic heterocycles. The summed E-state index contributed by atoms with van der Waals surface area (Å²) in [5.74, 6) is 0. The largest absolute Gasteiger partial charge is 0.387 e. The van der Waals surface area contributed by atoms with Gasteiger partial charge in [-0.25, -0.2) is 0 Å². The van der Waals surface area contributed by atoms with Gasteiger partial charge in [0.15, 0.2) is 0 Å². The lowest BCUT2D eigenvalue weighted by atomic mass is 10.1. The van der Waals surface area contributed by atoms with Gasteiger partial charge in [0.25, 0.3) is 0 Å². The van der Waals surface area contributed by atoms with E-state index in [2.05, 4.69) is 24.1 Å². The Hall–Kier alpha value is -0.900. The molecule has 2 N–H and O–H groups in total. The van der Waals surface area contributed by atoms with Gasteiger partial charge >= 0.3 is 0 Å². The van der Waals surface area contributed by atoms with Crippen molar-refractivity contribution in [2.45, 2.75) is 32.8 Å². The van der Waals surface area contributed by atoms with Crippen LogP contribution in [-0.4, -0.2) is 42.7 Å². The monoisotopic (exact) mass is 264 g/mol. The molecule has 0 heterocycles. The Kier molecular flexibility index (Phi) is 8.47. The molecule has 0 amide bonds. The molecule has 1 aromatic rings. The molecule has 1 atom stereocenters. The van der Waals surface area contributed by atoms with E-state index in [1.165, 1.54) is 13.0 Å². The van der Waals surface area contributed by atoms with Gasteiger partial charge in [0, 0.05) is 6.54 Å². The van der Waals surface area contributed by atoms with Crippen molar-refractivity contribution in [1.29, 1.82) is 0 Å². The predicted octanol–water partition coefficient (Wildman–Crippen LogP) is 2.43. The van der Waals surface area contributed by atoms with Gasteiger partial charge in [0.1, 0.15) is 0 Å². The fourth-order valence-electron chi connectivity index (χ4n) is 2.16. The summed E-state index contributed by atoms with van der Waals surface area (Å²) >= 11 is 0. The molecule has 0 bridgehead atoms. The summed E-state index contributed by atoms with van der Waals surface area (Å²) in [7, 11) is 0. The lowest BCUT2D eigenvalue weighted by Gasteiger charge is -2.17. The molecular weight excluding hydrogens is 236 g/mol. The van der Waals surface area contributed by atoms with Crippen LogP contribution in [0.2, 0.25) is 0 Å². The van der Waals surface area contributed by atoms with Crippen LogP contribution in [0.5, 0.6) is 0 Å². The van der Waals surface area contributed by atoms with Gasteiger partial charge in [-0.15, -0.1) is 0 Å². The summed E-state index contributed by atoms with van der Waals surface area (Å²) in [6.07, 6.45) is 1.98. The maximum atomic E-state index is 9.97. The van der Waals surface area contributed by atoms with E-state index >= 15 is 0 Å². The standard InChI is InChI=1S/C16H28N2O/c1-3-18(4-2)13-9-8-12-17-14-16(19)15-10-6-5-7-11-15/h5-7,10-11,16-17,19H,3-4,8-9,12-14H2,1-2H3.